The molecule has 2 unspecified atom stereocenters. The van der Waals surface area contributed by atoms with Crippen molar-refractivity contribution in [2.75, 3.05) is 4.90 Å². The van der Waals surface area contributed by atoms with Crippen molar-refractivity contribution in [3.8, 4) is 0 Å². The molecule has 232 valence electrons. The first-order chi connectivity index (χ1) is 23.8. The van der Waals surface area contributed by atoms with E-state index in [4.69, 9.17) is 0 Å². The number of hydrogen-bond acceptors (Lipinski definition) is 1. The Balaban J connectivity index is 1.08. The third-order valence-electron chi connectivity index (χ3n) is 9.89. The number of benzene rings is 6. The van der Waals surface area contributed by atoms with Crippen LogP contribution in [0.2, 0.25) is 0 Å². The van der Waals surface area contributed by atoms with Crippen LogP contribution in [-0.2, 0) is 0 Å². The number of hydrogen-bond donors (Lipinski definition) is 0. The van der Waals surface area contributed by atoms with Gasteiger partial charge in [0, 0.05) is 23.3 Å². The molecule has 1 heteroatoms. The molecule has 6 aromatic carbocycles. The van der Waals surface area contributed by atoms with Gasteiger partial charge in [0.2, 0.25) is 0 Å². The SMILES string of the molecule is C(/C=C/c1ccc2c(c1)C1CCCC1N2c1ccc(C=C(c2ccccc2)c2ccccc2)cc1)=C(c1ccccc1)c1ccccc1. The molecule has 0 spiro atoms. The van der Waals surface area contributed by atoms with E-state index in [1.165, 1.54) is 80.7 Å². The Labute approximate surface area is 284 Å². The molecule has 8 rings (SSSR count). The maximum Gasteiger partial charge on any atom is 0.0450 e. The maximum atomic E-state index is 2.62. The highest BCUT2D eigenvalue weighted by atomic mass is 15.2. The molecule has 2 atom stereocenters. The van der Waals surface area contributed by atoms with E-state index in [1.54, 1.807) is 0 Å². The van der Waals surface area contributed by atoms with Crippen molar-refractivity contribution in [1.29, 1.82) is 0 Å². The van der Waals surface area contributed by atoms with E-state index in [-0.39, 0.29) is 0 Å². The Bertz CT molecular complexity index is 1990. The monoisotopic (exact) mass is 617 g/mol. The van der Waals surface area contributed by atoms with Gasteiger partial charge in [0.15, 0.2) is 0 Å². The van der Waals surface area contributed by atoms with Crippen molar-refractivity contribution in [2.45, 2.75) is 31.2 Å². The van der Waals surface area contributed by atoms with Crippen LogP contribution >= 0.6 is 0 Å². The summed E-state index contributed by atoms with van der Waals surface area (Å²) in [6.07, 6.45) is 12.8. The molecule has 0 aromatic heterocycles. The number of allylic oxidation sites excluding steroid dienone is 2. The summed E-state index contributed by atoms with van der Waals surface area (Å²) in [6, 6.07) is 59.5. The molecule has 1 saturated carbocycles. The van der Waals surface area contributed by atoms with Crippen LogP contribution in [0, 0.1) is 0 Å². The molecule has 1 fully saturated rings. The molecule has 0 N–H and O–H groups in total. The van der Waals surface area contributed by atoms with Crippen LogP contribution in [0.15, 0.2) is 176 Å². The van der Waals surface area contributed by atoms with Crippen molar-refractivity contribution in [3.05, 3.63) is 215 Å². The van der Waals surface area contributed by atoms with Crippen LogP contribution in [0.25, 0.3) is 23.3 Å². The quantitative estimate of drug-likeness (QED) is 0.121. The number of fused-ring (bicyclic) bond motifs is 3. The fraction of sp³-hybridized carbons (Fsp3) is 0.106. The molecule has 1 heterocycles. The predicted molar refractivity (Wildman–Crippen MR) is 204 cm³/mol. The van der Waals surface area contributed by atoms with E-state index in [0.29, 0.717) is 12.0 Å². The van der Waals surface area contributed by atoms with Gasteiger partial charge in [-0.1, -0.05) is 164 Å². The standard InChI is InChI=1S/C47H39N/c1-5-16-37(17-6-1)42(38-18-7-2-8-19-38)24-13-15-35-29-32-47-45(34-35)43-25-14-26-46(43)48(47)41-30-27-36(28-31-41)33-44(39-20-9-3-10-21-39)40-22-11-4-12-23-40/h1-13,15-24,27-34,43,46H,14,25-26H2/b15-13+. The lowest BCUT2D eigenvalue weighted by Gasteiger charge is -2.27. The maximum absolute atomic E-state index is 2.62. The summed E-state index contributed by atoms with van der Waals surface area (Å²) in [5.41, 5.74) is 14.0. The topological polar surface area (TPSA) is 3.24 Å². The predicted octanol–water partition coefficient (Wildman–Crippen LogP) is 12.2. The molecule has 1 aliphatic carbocycles. The molecule has 0 radical (unpaired) electrons. The first-order valence-electron chi connectivity index (χ1n) is 17.2. The molecule has 1 aliphatic heterocycles. The van der Waals surface area contributed by atoms with E-state index in [1.807, 2.05) is 0 Å². The molecule has 6 aromatic rings. The summed E-state index contributed by atoms with van der Waals surface area (Å²) in [6.45, 7) is 0. The molecular formula is C47H39N. The molecular weight excluding hydrogens is 579 g/mol. The van der Waals surface area contributed by atoms with Gasteiger partial charge >= 0.3 is 0 Å². The highest BCUT2D eigenvalue weighted by Gasteiger charge is 2.42. The molecule has 0 amide bonds. The van der Waals surface area contributed by atoms with Gasteiger partial charge in [-0.2, -0.15) is 0 Å². The van der Waals surface area contributed by atoms with Crippen molar-refractivity contribution < 1.29 is 0 Å². The molecule has 0 saturated heterocycles. The zero-order valence-corrected chi connectivity index (χ0v) is 27.1. The van der Waals surface area contributed by atoms with E-state index in [9.17, 15) is 0 Å². The summed E-state index contributed by atoms with van der Waals surface area (Å²) >= 11 is 0. The van der Waals surface area contributed by atoms with Gasteiger partial charge in [0.25, 0.3) is 0 Å². The summed E-state index contributed by atoms with van der Waals surface area (Å²) in [7, 11) is 0. The molecule has 1 nitrogen and oxygen atoms in total. The second kappa shape index (κ2) is 13.6. The Morgan fingerprint density at radius 3 is 1.60 bits per heavy atom. The van der Waals surface area contributed by atoms with Crippen molar-refractivity contribution in [2.24, 2.45) is 0 Å². The van der Waals surface area contributed by atoms with Gasteiger partial charge in [-0.15, -0.1) is 0 Å². The largest absolute Gasteiger partial charge is 0.338 e. The smallest absolute Gasteiger partial charge is 0.0450 e. The van der Waals surface area contributed by atoms with Crippen molar-refractivity contribution >= 4 is 34.7 Å². The van der Waals surface area contributed by atoms with Crippen molar-refractivity contribution in [1.82, 2.24) is 0 Å². The van der Waals surface area contributed by atoms with Gasteiger partial charge in [-0.05, 0) is 93.3 Å². The van der Waals surface area contributed by atoms with E-state index in [2.05, 4.69) is 193 Å². The average molecular weight is 618 g/mol. The number of rotatable bonds is 8. The first kappa shape index (κ1) is 29.7. The second-order valence-electron chi connectivity index (χ2n) is 12.8. The fourth-order valence-electron chi connectivity index (χ4n) is 7.63. The van der Waals surface area contributed by atoms with E-state index in [0.717, 1.165) is 0 Å². The lowest BCUT2D eigenvalue weighted by atomic mass is 9.95. The van der Waals surface area contributed by atoms with Crippen LogP contribution in [0.1, 0.15) is 64.1 Å². The van der Waals surface area contributed by atoms with Crippen molar-refractivity contribution in [3.63, 3.8) is 0 Å². The van der Waals surface area contributed by atoms with Crippen LogP contribution in [0.3, 0.4) is 0 Å². The summed E-state index contributed by atoms with van der Waals surface area (Å²) in [4.78, 5) is 2.62. The van der Waals surface area contributed by atoms with Crippen LogP contribution < -0.4 is 4.90 Å². The Hall–Kier alpha value is -5.66. The van der Waals surface area contributed by atoms with E-state index < -0.39 is 0 Å². The lowest BCUT2D eigenvalue weighted by molar-refractivity contribution is 0.642. The van der Waals surface area contributed by atoms with Gasteiger partial charge < -0.3 is 4.90 Å². The zero-order valence-electron chi connectivity index (χ0n) is 27.1. The highest BCUT2D eigenvalue weighted by Crippen LogP contribution is 2.52. The second-order valence-corrected chi connectivity index (χ2v) is 12.8. The van der Waals surface area contributed by atoms with Gasteiger partial charge in [0.1, 0.15) is 0 Å². The third kappa shape index (κ3) is 6.08. The van der Waals surface area contributed by atoms with Crippen LogP contribution in [0.4, 0.5) is 11.4 Å². The zero-order chi connectivity index (χ0) is 32.1. The summed E-state index contributed by atoms with van der Waals surface area (Å²) in [5.74, 6) is 0.579. The van der Waals surface area contributed by atoms with Gasteiger partial charge in [0.05, 0.1) is 0 Å². The van der Waals surface area contributed by atoms with Gasteiger partial charge in [-0.25, -0.2) is 0 Å². The van der Waals surface area contributed by atoms with E-state index >= 15 is 0 Å². The summed E-state index contributed by atoms with van der Waals surface area (Å²) < 4.78 is 0. The van der Waals surface area contributed by atoms with Crippen LogP contribution in [-0.4, -0.2) is 6.04 Å². The Morgan fingerprint density at radius 2 is 1.04 bits per heavy atom. The molecule has 48 heavy (non-hydrogen) atoms. The number of nitrogens with zero attached hydrogens (tertiary/aromatic N) is 1. The molecule has 0 bridgehead atoms. The summed E-state index contributed by atoms with van der Waals surface area (Å²) in [5, 5.41) is 0. The first-order valence-corrected chi connectivity index (χ1v) is 17.2. The average Bonchev–Trinajstić information content (AvgIpc) is 3.75. The minimum atomic E-state index is 0.521. The fourth-order valence-corrected chi connectivity index (χ4v) is 7.63. The van der Waals surface area contributed by atoms with Crippen LogP contribution in [0.5, 0.6) is 0 Å². The number of anilines is 2. The highest BCUT2D eigenvalue weighted by molar-refractivity contribution is 5.91. The lowest BCUT2D eigenvalue weighted by Crippen LogP contribution is -2.26. The normalized spacial score (nSPS) is 16.4. The van der Waals surface area contributed by atoms with Gasteiger partial charge in [-0.3, -0.25) is 0 Å². The Kier molecular flexibility index (Phi) is 8.42. The minimum absolute atomic E-state index is 0.521. The third-order valence-corrected chi connectivity index (χ3v) is 9.89. The Morgan fingerprint density at radius 1 is 0.521 bits per heavy atom. The molecule has 2 aliphatic rings. The minimum Gasteiger partial charge on any atom is -0.338 e.